The van der Waals surface area contributed by atoms with Gasteiger partial charge in [-0.2, -0.15) is 5.10 Å². The number of hydrogen-bond acceptors (Lipinski definition) is 6. The van der Waals surface area contributed by atoms with Gasteiger partial charge in [0, 0.05) is 59.8 Å². The summed E-state index contributed by atoms with van der Waals surface area (Å²) in [5.74, 6) is 0.599. The average molecular weight is 545 g/mol. The SMILES string of the molecule is CC.CC.CCCN(CCC)c1cc(/C=N/Nc2ccc3[nH]c(C)c(C)c3c2)nc(OCCc2ccccn2)c1. The second-order valence-electron chi connectivity index (χ2n) is 9.00. The Hall–Kier alpha value is -3.87. The highest BCUT2D eigenvalue weighted by Crippen LogP contribution is 2.25. The summed E-state index contributed by atoms with van der Waals surface area (Å²) in [6.07, 6.45) is 6.43. The van der Waals surface area contributed by atoms with Gasteiger partial charge in [0.2, 0.25) is 5.88 Å². The zero-order valence-corrected chi connectivity index (χ0v) is 25.7. The molecule has 1 aromatic carbocycles. The van der Waals surface area contributed by atoms with E-state index in [9.17, 15) is 0 Å². The number of H-pyrrole nitrogens is 1. The fraction of sp³-hybridized carbons (Fsp3) is 0.424. The molecule has 3 aromatic heterocycles. The van der Waals surface area contributed by atoms with Gasteiger partial charge >= 0.3 is 0 Å². The van der Waals surface area contributed by atoms with Crippen molar-refractivity contribution < 1.29 is 4.74 Å². The molecule has 0 bridgehead atoms. The van der Waals surface area contributed by atoms with Crippen LogP contribution in [-0.2, 0) is 6.42 Å². The Bertz CT molecular complexity index is 1290. The van der Waals surface area contributed by atoms with Crippen molar-refractivity contribution in [2.75, 3.05) is 30.0 Å². The number of hydrogen-bond donors (Lipinski definition) is 2. The third kappa shape index (κ3) is 9.40. The number of aromatic amines is 1. The van der Waals surface area contributed by atoms with E-state index in [0.29, 0.717) is 12.5 Å². The summed E-state index contributed by atoms with van der Waals surface area (Å²) in [5.41, 5.74) is 10.5. The van der Waals surface area contributed by atoms with Gasteiger partial charge in [-0.15, -0.1) is 0 Å². The molecule has 0 saturated heterocycles. The van der Waals surface area contributed by atoms with Gasteiger partial charge in [0.15, 0.2) is 0 Å². The number of hydrazone groups is 1. The van der Waals surface area contributed by atoms with Crippen LogP contribution in [0.3, 0.4) is 0 Å². The summed E-state index contributed by atoms with van der Waals surface area (Å²) in [6.45, 7) is 19.1. The third-order valence-corrected chi connectivity index (χ3v) is 6.19. The van der Waals surface area contributed by atoms with E-state index in [2.05, 4.69) is 71.3 Å². The molecule has 7 heteroatoms. The number of ether oxygens (including phenoxy) is 1. The second kappa shape index (κ2) is 17.7. The minimum absolute atomic E-state index is 0.513. The van der Waals surface area contributed by atoms with E-state index >= 15 is 0 Å². The molecule has 0 radical (unpaired) electrons. The lowest BCUT2D eigenvalue weighted by molar-refractivity contribution is 0.308. The van der Waals surface area contributed by atoms with Gasteiger partial charge in [-0.3, -0.25) is 10.4 Å². The van der Waals surface area contributed by atoms with Crippen molar-refractivity contribution in [3.05, 3.63) is 77.4 Å². The minimum atomic E-state index is 0.513. The quantitative estimate of drug-likeness (QED) is 0.138. The number of aryl methyl sites for hydroxylation is 2. The van der Waals surface area contributed by atoms with Crippen LogP contribution in [0.5, 0.6) is 5.88 Å². The number of rotatable bonds is 12. The van der Waals surface area contributed by atoms with E-state index in [1.807, 2.05) is 58.0 Å². The Kier molecular flexibility index (Phi) is 14.3. The molecule has 4 aromatic rings. The maximum absolute atomic E-state index is 6.06. The molecule has 0 amide bonds. The molecule has 2 N–H and O–H groups in total. The Morgan fingerprint density at radius 1 is 0.975 bits per heavy atom. The van der Waals surface area contributed by atoms with Crippen molar-refractivity contribution in [2.45, 2.75) is 74.7 Å². The number of nitrogens with one attached hydrogen (secondary N) is 2. The Morgan fingerprint density at radius 2 is 1.73 bits per heavy atom. The van der Waals surface area contributed by atoms with Crippen molar-refractivity contribution in [3.63, 3.8) is 0 Å². The van der Waals surface area contributed by atoms with Crippen molar-refractivity contribution >= 4 is 28.5 Å². The summed E-state index contributed by atoms with van der Waals surface area (Å²) in [6, 6.07) is 16.2. The monoisotopic (exact) mass is 544 g/mol. The lowest BCUT2D eigenvalue weighted by Crippen LogP contribution is -2.25. The molecule has 216 valence electrons. The van der Waals surface area contributed by atoms with Crippen LogP contribution in [0.25, 0.3) is 10.9 Å². The van der Waals surface area contributed by atoms with Gasteiger partial charge < -0.3 is 14.6 Å². The van der Waals surface area contributed by atoms with Gasteiger partial charge in [0.05, 0.1) is 24.2 Å². The molecule has 0 fully saturated rings. The maximum Gasteiger partial charge on any atom is 0.215 e. The molecule has 0 aliphatic heterocycles. The first kappa shape index (κ1) is 32.3. The summed E-state index contributed by atoms with van der Waals surface area (Å²) in [7, 11) is 0. The molecule has 3 heterocycles. The van der Waals surface area contributed by atoms with Gasteiger partial charge in [-0.25, -0.2) is 4.98 Å². The lowest BCUT2D eigenvalue weighted by atomic mass is 10.1. The predicted octanol–water partition coefficient (Wildman–Crippen LogP) is 8.32. The summed E-state index contributed by atoms with van der Waals surface area (Å²) in [5, 5.41) is 5.68. The number of nitrogens with zero attached hydrogens (tertiary/aromatic N) is 4. The van der Waals surface area contributed by atoms with E-state index in [4.69, 9.17) is 9.72 Å². The predicted molar refractivity (Wildman–Crippen MR) is 172 cm³/mol. The standard InChI is InChI=1S/C29H36N6O.2C2H6/c1-5-14-35(15-6-2)26-17-25(33-29(19-26)36-16-12-23-9-7-8-13-30-23)20-31-34-24-10-11-28-27(18-24)21(3)22(4)32-28;2*1-2/h7-11,13,17-20,32,34H,5-6,12,14-16H2,1-4H3;2*1-2H3/b31-20+;;. The van der Waals surface area contributed by atoms with Gasteiger partial charge in [0.25, 0.3) is 0 Å². The van der Waals surface area contributed by atoms with Gasteiger partial charge in [-0.05, 0) is 68.7 Å². The highest BCUT2D eigenvalue weighted by molar-refractivity contribution is 5.87. The molecule has 0 atom stereocenters. The number of aromatic nitrogens is 3. The first-order valence-electron chi connectivity index (χ1n) is 14.7. The van der Waals surface area contributed by atoms with Crippen LogP contribution in [0, 0.1) is 13.8 Å². The Morgan fingerprint density at radius 3 is 2.40 bits per heavy atom. The minimum Gasteiger partial charge on any atom is -0.477 e. The normalized spacial score (nSPS) is 10.5. The van der Waals surface area contributed by atoms with Crippen molar-refractivity contribution in [1.82, 2.24) is 15.0 Å². The smallest absolute Gasteiger partial charge is 0.215 e. The summed E-state index contributed by atoms with van der Waals surface area (Å²) >= 11 is 0. The fourth-order valence-corrected chi connectivity index (χ4v) is 4.25. The Labute approximate surface area is 241 Å². The van der Waals surface area contributed by atoms with Crippen LogP contribution in [0.4, 0.5) is 11.4 Å². The van der Waals surface area contributed by atoms with Crippen LogP contribution < -0.4 is 15.1 Å². The van der Waals surface area contributed by atoms with Crippen LogP contribution in [0.15, 0.2) is 59.8 Å². The van der Waals surface area contributed by atoms with Crippen molar-refractivity contribution in [3.8, 4) is 5.88 Å². The fourth-order valence-electron chi connectivity index (χ4n) is 4.25. The Balaban J connectivity index is 0.00000134. The van der Waals surface area contributed by atoms with Gasteiger partial charge in [-0.1, -0.05) is 47.6 Å². The molecule has 0 aliphatic rings. The van der Waals surface area contributed by atoms with E-state index in [-0.39, 0.29) is 0 Å². The molecular formula is C33H48N6O. The number of anilines is 2. The summed E-state index contributed by atoms with van der Waals surface area (Å²) < 4.78 is 6.06. The van der Waals surface area contributed by atoms with Crippen LogP contribution in [0.1, 0.15) is 77.0 Å². The van der Waals surface area contributed by atoms with E-state index in [1.165, 1.54) is 16.6 Å². The largest absolute Gasteiger partial charge is 0.477 e. The van der Waals surface area contributed by atoms with Gasteiger partial charge in [0.1, 0.15) is 0 Å². The first-order valence-corrected chi connectivity index (χ1v) is 14.7. The van der Waals surface area contributed by atoms with E-state index < -0.39 is 0 Å². The summed E-state index contributed by atoms with van der Waals surface area (Å²) in [4.78, 5) is 14.9. The molecule has 40 heavy (non-hydrogen) atoms. The van der Waals surface area contributed by atoms with Crippen LogP contribution in [-0.4, -0.2) is 40.9 Å². The molecule has 0 saturated carbocycles. The topological polar surface area (TPSA) is 78.4 Å². The molecule has 7 nitrogen and oxygen atoms in total. The molecule has 0 unspecified atom stereocenters. The maximum atomic E-state index is 6.06. The van der Waals surface area contributed by atoms with E-state index in [0.717, 1.165) is 60.6 Å². The average Bonchev–Trinajstić information content (AvgIpc) is 3.28. The number of fused-ring (bicyclic) bond motifs is 1. The lowest BCUT2D eigenvalue weighted by Gasteiger charge is -2.24. The zero-order valence-electron chi connectivity index (χ0n) is 25.7. The molecule has 0 aliphatic carbocycles. The highest BCUT2D eigenvalue weighted by Gasteiger charge is 2.10. The van der Waals surface area contributed by atoms with Crippen LogP contribution in [0.2, 0.25) is 0 Å². The van der Waals surface area contributed by atoms with Crippen molar-refractivity contribution in [1.29, 1.82) is 0 Å². The van der Waals surface area contributed by atoms with Crippen molar-refractivity contribution in [2.24, 2.45) is 5.10 Å². The molecule has 0 spiro atoms. The number of benzene rings is 1. The number of pyridine rings is 2. The van der Waals surface area contributed by atoms with Crippen LogP contribution >= 0.6 is 0 Å². The third-order valence-electron chi connectivity index (χ3n) is 6.19. The highest BCUT2D eigenvalue weighted by atomic mass is 16.5. The zero-order chi connectivity index (χ0) is 29.3. The second-order valence-corrected chi connectivity index (χ2v) is 9.00. The first-order chi connectivity index (χ1) is 19.6. The molecule has 4 rings (SSSR count). The van der Waals surface area contributed by atoms with E-state index in [1.54, 1.807) is 12.4 Å². The molecular weight excluding hydrogens is 496 g/mol.